The summed E-state index contributed by atoms with van der Waals surface area (Å²) in [5.41, 5.74) is 2.02. The first-order chi connectivity index (χ1) is 15.9. The summed E-state index contributed by atoms with van der Waals surface area (Å²) in [6.07, 6.45) is 0.724. The summed E-state index contributed by atoms with van der Waals surface area (Å²) in [4.78, 5) is 23.8. The van der Waals surface area contributed by atoms with Crippen LogP contribution in [0, 0.1) is 6.92 Å². The number of aromatic nitrogens is 3. The summed E-state index contributed by atoms with van der Waals surface area (Å²) in [7, 11) is 1.87. The molecule has 2 heterocycles. The molecule has 2 aromatic heterocycles. The lowest BCUT2D eigenvalue weighted by atomic mass is 10.2. The van der Waals surface area contributed by atoms with Crippen LogP contribution < -0.4 is 9.62 Å². The predicted octanol–water partition coefficient (Wildman–Crippen LogP) is 5.89. The Morgan fingerprint density at radius 2 is 1.79 bits per heavy atom. The number of nitrogens with zero attached hydrogens (tertiary/aromatic N) is 3. The second-order valence-corrected chi connectivity index (χ2v) is 11.6. The molecule has 0 bridgehead atoms. The molecule has 3 aromatic rings. The average molecular weight is 502 g/mol. The summed E-state index contributed by atoms with van der Waals surface area (Å²) in [6, 6.07) is 12.1. The number of carbonyl (C=O) groups excluding carboxylic acids is 1. The van der Waals surface area contributed by atoms with Crippen molar-refractivity contribution >= 4 is 39.4 Å². The molecule has 0 saturated heterocycles. The minimum atomic E-state index is -4.00. The number of aromatic amines is 1. The zero-order valence-corrected chi connectivity index (χ0v) is 21.4. The van der Waals surface area contributed by atoms with Crippen LogP contribution in [0.25, 0.3) is 11.0 Å². The molecule has 0 aliphatic rings. The van der Waals surface area contributed by atoms with Crippen molar-refractivity contribution in [2.75, 3.05) is 36.0 Å². The highest BCUT2D eigenvalue weighted by Crippen LogP contribution is 2.54. The molecule has 0 fully saturated rings. The van der Waals surface area contributed by atoms with Crippen LogP contribution in [-0.2, 0) is 9.53 Å². The van der Waals surface area contributed by atoms with E-state index < -0.39 is 16.4 Å². The number of alkyl halides is 3. The number of fused-ring (bicyclic) bond motifs is 1. The van der Waals surface area contributed by atoms with Crippen LogP contribution in [0.5, 0.6) is 0 Å². The second kappa shape index (κ2) is 13.2. The van der Waals surface area contributed by atoms with E-state index in [-0.39, 0.29) is 12.2 Å². The van der Waals surface area contributed by atoms with Gasteiger partial charge >= 0.3 is 6.18 Å². The molecule has 1 atom stereocenters. The Bertz CT molecular complexity index is 1010. The van der Waals surface area contributed by atoms with Crippen LogP contribution in [0.4, 0.5) is 24.9 Å². The number of rotatable bonds is 7. The normalized spacial score (nSPS) is 13.6. The molecule has 11 heteroatoms. The molecule has 0 radical (unpaired) electrons. The Morgan fingerprint density at radius 1 is 1.21 bits per heavy atom. The van der Waals surface area contributed by atoms with Gasteiger partial charge in [-0.25, -0.2) is 0 Å². The number of halogens is 3. The maximum Gasteiger partial charge on any atom is 0.386 e. The second-order valence-electron chi connectivity index (χ2n) is 7.79. The maximum atomic E-state index is 11.9. The Kier molecular flexibility index (Phi) is 11.3. The first-order valence-corrected chi connectivity index (χ1v) is 12.7. The molecule has 7 nitrogen and oxygen atoms in total. The van der Waals surface area contributed by atoms with Crippen LogP contribution in [0.3, 0.4) is 0 Å². The van der Waals surface area contributed by atoms with E-state index in [9.17, 15) is 18.0 Å². The summed E-state index contributed by atoms with van der Waals surface area (Å²) >= 11 is 0. The molecule has 0 aliphatic carbocycles. The summed E-state index contributed by atoms with van der Waals surface area (Å²) in [5.74, 6) is 1.57. The molecule has 1 unspecified atom stereocenters. The van der Waals surface area contributed by atoms with Gasteiger partial charge in [-0.15, -0.1) is 10.2 Å². The van der Waals surface area contributed by atoms with Crippen molar-refractivity contribution in [2.45, 2.75) is 39.1 Å². The van der Waals surface area contributed by atoms with Crippen LogP contribution in [0.2, 0.25) is 0 Å². The highest BCUT2D eigenvalue weighted by Gasteiger charge is 2.33. The largest absolute Gasteiger partial charge is 0.386 e. The molecule has 2 N–H and O–H groups in total. The van der Waals surface area contributed by atoms with Crippen LogP contribution in [0.15, 0.2) is 42.6 Å². The van der Waals surface area contributed by atoms with E-state index in [1.165, 1.54) is 5.56 Å². The van der Waals surface area contributed by atoms with E-state index in [0.29, 0.717) is 23.4 Å². The number of anilines is 2. The number of hydrogen-bond donors (Lipinski definition) is 2. The van der Waals surface area contributed by atoms with Crippen molar-refractivity contribution < 1.29 is 22.7 Å². The van der Waals surface area contributed by atoms with Gasteiger partial charge in [-0.1, -0.05) is 49.7 Å². The van der Waals surface area contributed by atoms with Gasteiger partial charge in [0, 0.05) is 32.5 Å². The average Bonchev–Trinajstić information content (AvgIpc) is 3.23. The third-order valence-corrected chi connectivity index (χ3v) is 8.59. The van der Waals surface area contributed by atoms with Crippen LogP contribution in [-0.4, -0.2) is 59.1 Å². The van der Waals surface area contributed by atoms with Crippen LogP contribution >= 0.6 is 10.2 Å². The minimum absolute atomic E-state index is 0.188. The summed E-state index contributed by atoms with van der Waals surface area (Å²) in [5, 5.41) is 4.02. The van der Waals surface area contributed by atoms with Crippen molar-refractivity contribution in [3.05, 3.63) is 48.2 Å². The fourth-order valence-electron chi connectivity index (χ4n) is 2.74. The minimum Gasteiger partial charge on any atom is -0.374 e. The summed E-state index contributed by atoms with van der Waals surface area (Å²) in [6.45, 7) is 6.46. The fourth-order valence-corrected chi connectivity index (χ4v) is 4.79. The molecule has 0 spiro atoms. The number of benzene rings is 1. The lowest BCUT2D eigenvalue weighted by molar-refractivity contribution is -0.110. The third-order valence-electron chi connectivity index (χ3n) is 4.69. The van der Waals surface area contributed by atoms with Gasteiger partial charge in [-0.3, -0.25) is 9.10 Å². The molecule has 3 rings (SSSR count). The standard InChI is InChI=1S/C14H23N5O2S.C7H8.C2H3F3/c1-10(2)22(5,9-21-4)19(8-20)13-11-6-7-16-12(11)17-14(15-3)18-13;1-7-5-3-2-4-6-7;1-2(3,4)5/h6-8,10H,9H2,1-5H3,(H2,15,16,17,18);2-6H,1H3;1H3. The van der Waals surface area contributed by atoms with Crippen molar-refractivity contribution in [1.82, 2.24) is 15.0 Å². The number of aryl methyl sites for hydroxylation is 1. The molecular weight excluding hydrogens is 467 g/mol. The van der Waals surface area contributed by atoms with E-state index in [1.807, 2.05) is 24.3 Å². The van der Waals surface area contributed by atoms with Crippen molar-refractivity contribution in [3.63, 3.8) is 0 Å². The van der Waals surface area contributed by atoms with Gasteiger partial charge in [-0.2, -0.15) is 23.1 Å². The van der Waals surface area contributed by atoms with E-state index in [2.05, 4.69) is 59.4 Å². The van der Waals surface area contributed by atoms with Crippen molar-refractivity contribution in [1.29, 1.82) is 0 Å². The quantitative estimate of drug-likeness (QED) is 0.395. The van der Waals surface area contributed by atoms with Gasteiger partial charge in [0.2, 0.25) is 12.4 Å². The Morgan fingerprint density at radius 3 is 2.21 bits per heavy atom. The number of ether oxygens (including phenoxy) is 1. The Hall–Kier alpha value is -2.79. The number of methoxy groups -OCH3 is 1. The zero-order chi connectivity index (χ0) is 25.9. The van der Waals surface area contributed by atoms with Crippen molar-refractivity contribution in [3.8, 4) is 0 Å². The lowest BCUT2D eigenvalue weighted by Gasteiger charge is -2.46. The predicted molar refractivity (Wildman–Crippen MR) is 135 cm³/mol. The van der Waals surface area contributed by atoms with Gasteiger partial charge in [0.15, 0.2) is 5.82 Å². The fraction of sp³-hybridized carbons (Fsp3) is 0.435. The van der Waals surface area contributed by atoms with E-state index >= 15 is 0 Å². The van der Waals surface area contributed by atoms with Gasteiger partial charge in [0.05, 0.1) is 11.3 Å². The molecule has 1 aromatic carbocycles. The molecule has 0 aliphatic heterocycles. The number of H-pyrrole nitrogens is 1. The van der Waals surface area contributed by atoms with Crippen molar-refractivity contribution in [2.24, 2.45) is 0 Å². The SMILES string of the molecule is CC(F)(F)F.CNc1nc(N(C=O)S(C)(COC)C(C)C)c2cc[nH]c2n1.Cc1ccccc1. The molecule has 190 valence electrons. The van der Waals surface area contributed by atoms with Gasteiger partial charge in [0.1, 0.15) is 5.65 Å². The lowest BCUT2D eigenvalue weighted by Crippen LogP contribution is -2.35. The Balaban J connectivity index is 0.000000393. The first kappa shape index (κ1) is 29.2. The van der Waals surface area contributed by atoms with E-state index in [0.717, 1.165) is 11.8 Å². The number of carbonyl (C=O) groups is 1. The topological polar surface area (TPSA) is 83.1 Å². The first-order valence-electron chi connectivity index (χ1n) is 10.5. The van der Waals surface area contributed by atoms with Gasteiger partial charge in [0.25, 0.3) is 0 Å². The molecule has 0 saturated carbocycles. The molecular formula is C23H34F3N5O2S. The zero-order valence-electron chi connectivity index (χ0n) is 20.6. The number of hydrogen-bond acceptors (Lipinski definition) is 5. The molecule has 34 heavy (non-hydrogen) atoms. The maximum absolute atomic E-state index is 11.9. The number of amides is 1. The van der Waals surface area contributed by atoms with Gasteiger partial charge < -0.3 is 15.0 Å². The number of nitrogens with one attached hydrogen (secondary N) is 2. The van der Waals surface area contributed by atoms with E-state index in [1.54, 1.807) is 24.7 Å². The smallest absolute Gasteiger partial charge is 0.374 e. The monoisotopic (exact) mass is 501 g/mol. The Labute approximate surface area is 200 Å². The van der Waals surface area contributed by atoms with Gasteiger partial charge in [-0.05, 0) is 19.2 Å². The molecule has 1 amide bonds. The highest BCUT2D eigenvalue weighted by molar-refractivity contribution is 8.35. The highest BCUT2D eigenvalue weighted by atomic mass is 32.3. The van der Waals surface area contributed by atoms with E-state index in [4.69, 9.17) is 4.74 Å². The summed E-state index contributed by atoms with van der Waals surface area (Å²) < 4.78 is 38.2. The van der Waals surface area contributed by atoms with Crippen LogP contribution in [0.1, 0.15) is 26.3 Å². The third kappa shape index (κ3) is 8.86.